The van der Waals surface area contributed by atoms with Gasteiger partial charge in [0.15, 0.2) is 0 Å². The number of rotatable bonds is 4. The van der Waals surface area contributed by atoms with Crippen molar-refractivity contribution >= 4 is 11.6 Å². The average Bonchev–Trinajstić information content (AvgIpc) is 2.41. The van der Waals surface area contributed by atoms with Crippen LogP contribution in [0.5, 0.6) is 0 Å². The van der Waals surface area contributed by atoms with Crippen LogP contribution in [0.3, 0.4) is 0 Å². The summed E-state index contributed by atoms with van der Waals surface area (Å²) in [4.78, 5) is 18.9. The number of nitrogens with one attached hydrogen (secondary N) is 1. The number of nitrogens with zero attached hydrogens (tertiary/aromatic N) is 3. The van der Waals surface area contributed by atoms with Gasteiger partial charge in [-0.1, -0.05) is 12.1 Å². The average molecular weight is 258 g/mol. The Morgan fingerprint density at radius 1 is 1.42 bits per heavy atom. The third-order valence-electron chi connectivity index (χ3n) is 2.64. The van der Waals surface area contributed by atoms with E-state index in [2.05, 4.69) is 15.3 Å². The highest BCUT2D eigenvalue weighted by Crippen LogP contribution is 2.25. The molecule has 0 aliphatic heterocycles. The number of hydrogen-bond donors (Lipinski definition) is 1. The van der Waals surface area contributed by atoms with Gasteiger partial charge < -0.3 is 5.32 Å². The number of aromatic nitrogens is 2. The van der Waals surface area contributed by atoms with Gasteiger partial charge in [-0.2, -0.15) is 0 Å². The van der Waals surface area contributed by atoms with E-state index in [4.69, 9.17) is 0 Å². The van der Waals surface area contributed by atoms with Crippen molar-refractivity contribution in [3.63, 3.8) is 0 Å². The fraction of sp³-hybridized carbons (Fsp3) is 0.231. The highest BCUT2D eigenvalue weighted by atomic mass is 16.6. The molecule has 0 bridgehead atoms. The third-order valence-corrected chi connectivity index (χ3v) is 2.64. The molecule has 0 spiro atoms. The third kappa shape index (κ3) is 2.85. The second-order valence-corrected chi connectivity index (χ2v) is 4.06. The van der Waals surface area contributed by atoms with Gasteiger partial charge in [0.2, 0.25) is 5.95 Å². The molecule has 6 nitrogen and oxygen atoms in total. The van der Waals surface area contributed by atoms with Crippen LogP contribution in [0, 0.1) is 17.0 Å². The summed E-state index contributed by atoms with van der Waals surface area (Å²) < 4.78 is 0. The molecule has 2 rings (SSSR count). The van der Waals surface area contributed by atoms with Gasteiger partial charge in [-0.25, -0.2) is 9.97 Å². The molecule has 0 radical (unpaired) electrons. The summed E-state index contributed by atoms with van der Waals surface area (Å²) in [5.41, 5.74) is 2.35. The van der Waals surface area contributed by atoms with Crippen LogP contribution in [0.4, 0.5) is 11.6 Å². The van der Waals surface area contributed by atoms with Crippen LogP contribution in [0.1, 0.15) is 12.5 Å². The summed E-state index contributed by atoms with van der Waals surface area (Å²) in [6.45, 7) is 4.55. The van der Waals surface area contributed by atoms with Crippen LogP contribution in [-0.2, 0) is 0 Å². The van der Waals surface area contributed by atoms with Crippen LogP contribution in [0.15, 0.2) is 30.5 Å². The maximum Gasteiger partial charge on any atom is 0.270 e. The minimum atomic E-state index is -0.411. The smallest absolute Gasteiger partial charge is 0.270 e. The van der Waals surface area contributed by atoms with Gasteiger partial charge >= 0.3 is 0 Å². The van der Waals surface area contributed by atoms with Crippen LogP contribution >= 0.6 is 0 Å². The number of nitro groups is 1. The van der Waals surface area contributed by atoms with Gasteiger partial charge in [0.25, 0.3) is 5.69 Å². The fourth-order valence-corrected chi connectivity index (χ4v) is 1.74. The van der Waals surface area contributed by atoms with Gasteiger partial charge in [-0.15, -0.1) is 0 Å². The van der Waals surface area contributed by atoms with E-state index >= 15 is 0 Å². The highest BCUT2D eigenvalue weighted by molar-refractivity contribution is 5.66. The molecule has 0 saturated carbocycles. The molecule has 1 aromatic carbocycles. The molecule has 6 heteroatoms. The Kier molecular flexibility index (Phi) is 3.70. The molecule has 1 heterocycles. The second-order valence-electron chi connectivity index (χ2n) is 4.06. The molecular weight excluding hydrogens is 244 g/mol. The Balaban J connectivity index is 2.48. The van der Waals surface area contributed by atoms with E-state index in [1.807, 2.05) is 13.8 Å². The summed E-state index contributed by atoms with van der Waals surface area (Å²) in [6.07, 6.45) is 1.71. The minimum absolute atomic E-state index is 0.0560. The van der Waals surface area contributed by atoms with Crippen molar-refractivity contribution in [3.8, 4) is 11.3 Å². The number of anilines is 1. The minimum Gasteiger partial charge on any atom is -0.354 e. The van der Waals surface area contributed by atoms with Crippen LogP contribution in [0.25, 0.3) is 11.3 Å². The van der Waals surface area contributed by atoms with E-state index in [0.717, 1.165) is 12.1 Å². The van der Waals surface area contributed by atoms with Gasteiger partial charge in [0, 0.05) is 30.4 Å². The predicted octanol–water partition coefficient (Wildman–Crippen LogP) is 2.79. The maximum absolute atomic E-state index is 10.8. The zero-order chi connectivity index (χ0) is 13.8. The number of non-ortho nitro benzene ring substituents is 1. The largest absolute Gasteiger partial charge is 0.354 e. The van der Waals surface area contributed by atoms with Crippen LogP contribution in [-0.4, -0.2) is 21.4 Å². The lowest BCUT2D eigenvalue weighted by Gasteiger charge is -2.07. The Hall–Kier alpha value is -2.50. The van der Waals surface area contributed by atoms with Crippen molar-refractivity contribution in [2.45, 2.75) is 13.8 Å². The van der Waals surface area contributed by atoms with E-state index < -0.39 is 4.92 Å². The van der Waals surface area contributed by atoms with Gasteiger partial charge in [0.1, 0.15) is 0 Å². The monoisotopic (exact) mass is 258 g/mol. The van der Waals surface area contributed by atoms with Crippen molar-refractivity contribution < 1.29 is 4.92 Å². The van der Waals surface area contributed by atoms with Crippen molar-refractivity contribution in [2.24, 2.45) is 0 Å². The predicted molar refractivity (Wildman–Crippen MR) is 73.0 cm³/mol. The van der Waals surface area contributed by atoms with E-state index in [-0.39, 0.29) is 5.69 Å². The Morgan fingerprint density at radius 3 is 2.89 bits per heavy atom. The molecule has 0 atom stereocenters. The lowest BCUT2D eigenvalue weighted by molar-refractivity contribution is -0.384. The number of benzene rings is 1. The molecule has 0 saturated heterocycles. The van der Waals surface area contributed by atoms with Gasteiger partial charge in [-0.05, 0) is 19.4 Å². The Bertz CT molecular complexity index is 613. The molecule has 1 N–H and O–H groups in total. The van der Waals surface area contributed by atoms with Gasteiger partial charge in [0.05, 0.1) is 10.6 Å². The summed E-state index contributed by atoms with van der Waals surface area (Å²) in [6, 6.07) is 6.44. The van der Waals surface area contributed by atoms with Crippen LogP contribution in [0.2, 0.25) is 0 Å². The standard InChI is InChI=1S/C13H14N4O2/c1-3-14-13-15-8-9(2)12(16-13)10-5-4-6-11(7-10)17(18)19/h4-8H,3H2,1-2H3,(H,14,15,16). The quantitative estimate of drug-likeness (QED) is 0.673. The van der Waals surface area contributed by atoms with Crippen molar-refractivity contribution in [1.82, 2.24) is 9.97 Å². The number of hydrogen-bond acceptors (Lipinski definition) is 5. The first-order valence-corrected chi connectivity index (χ1v) is 5.94. The Morgan fingerprint density at radius 2 is 2.21 bits per heavy atom. The van der Waals surface area contributed by atoms with E-state index in [9.17, 15) is 10.1 Å². The van der Waals surface area contributed by atoms with Crippen molar-refractivity contribution in [1.29, 1.82) is 0 Å². The van der Waals surface area contributed by atoms with E-state index in [1.165, 1.54) is 12.1 Å². The summed E-state index contributed by atoms with van der Waals surface area (Å²) >= 11 is 0. The first kappa shape index (κ1) is 12.9. The van der Waals surface area contributed by atoms with E-state index in [0.29, 0.717) is 17.2 Å². The zero-order valence-corrected chi connectivity index (χ0v) is 10.8. The Labute approximate surface area is 110 Å². The number of nitro benzene ring substituents is 1. The fourth-order valence-electron chi connectivity index (χ4n) is 1.74. The molecular formula is C13H14N4O2. The first-order valence-electron chi connectivity index (χ1n) is 5.94. The molecule has 0 amide bonds. The molecule has 0 aliphatic rings. The molecule has 98 valence electrons. The SMILES string of the molecule is CCNc1ncc(C)c(-c2cccc([N+](=O)[O-])c2)n1. The van der Waals surface area contributed by atoms with Gasteiger partial charge in [-0.3, -0.25) is 10.1 Å². The van der Waals surface area contributed by atoms with Crippen LogP contribution < -0.4 is 5.32 Å². The van der Waals surface area contributed by atoms with E-state index in [1.54, 1.807) is 18.3 Å². The highest BCUT2D eigenvalue weighted by Gasteiger charge is 2.11. The summed E-state index contributed by atoms with van der Waals surface area (Å²) in [5, 5.41) is 13.8. The lowest BCUT2D eigenvalue weighted by Crippen LogP contribution is -2.03. The topological polar surface area (TPSA) is 81.0 Å². The maximum atomic E-state index is 10.8. The van der Waals surface area contributed by atoms with Crippen molar-refractivity contribution in [2.75, 3.05) is 11.9 Å². The summed E-state index contributed by atoms with van der Waals surface area (Å²) in [7, 11) is 0. The second kappa shape index (κ2) is 5.43. The zero-order valence-electron chi connectivity index (χ0n) is 10.8. The lowest BCUT2D eigenvalue weighted by atomic mass is 10.1. The molecule has 19 heavy (non-hydrogen) atoms. The molecule has 1 aromatic heterocycles. The molecule has 0 fully saturated rings. The molecule has 2 aromatic rings. The normalized spacial score (nSPS) is 10.2. The first-order chi connectivity index (χ1) is 9.11. The summed E-state index contributed by atoms with van der Waals surface area (Å²) in [5.74, 6) is 0.523. The van der Waals surface area contributed by atoms with Crippen molar-refractivity contribution in [3.05, 3.63) is 46.1 Å². The molecule has 0 unspecified atom stereocenters. The molecule has 0 aliphatic carbocycles. The number of aryl methyl sites for hydroxylation is 1.